The molecule has 4 N–H and O–H groups in total. The minimum Gasteiger partial charge on any atom is -0.433 e. The number of ether oxygens (including phenoxy) is 1. The fraction of sp³-hybridized carbons (Fsp3) is 0.452. The molecule has 0 spiro atoms. The number of hydrogen-bond donors (Lipinski definition) is 4. The highest BCUT2D eigenvalue weighted by molar-refractivity contribution is 5.95. The molecule has 3 aromatic rings. The maximum atomic E-state index is 13.1. The van der Waals surface area contributed by atoms with Gasteiger partial charge >= 0.3 is 6.11 Å². The van der Waals surface area contributed by atoms with E-state index in [0.717, 1.165) is 48.2 Å². The Hall–Kier alpha value is -3.79. The summed E-state index contributed by atoms with van der Waals surface area (Å²) in [5.41, 5.74) is 5.25. The molecule has 1 heterocycles. The number of halogens is 2. The largest absolute Gasteiger partial charge is 0.433 e. The Kier molecular flexibility index (Phi) is 11.4. The highest BCUT2D eigenvalue weighted by Crippen LogP contribution is 2.24. The molecule has 10 heteroatoms. The third-order valence-electron chi connectivity index (χ3n) is 6.71. The van der Waals surface area contributed by atoms with Crippen LogP contribution in [0.3, 0.4) is 0 Å². The molecule has 0 aliphatic carbocycles. The van der Waals surface area contributed by atoms with Gasteiger partial charge in [0.15, 0.2) is 0 Å². The Morgan fingerprint density at radius 3 is 2.46 bits per heavy atom. The van der Waals surface area contributed by atoms with Crippen molar-refractivity contribution in [3.8, 4) is 5.75 Å². The topological polar surface area (TPSA) is 100 Å². The molecule has 222 valence electrons. The van der Waals surface area contributed by atoms with Crippen LogP contribution in [0.15, 0.2) is 48.7 Å². The van der Waals surface area contributed by atoms with Gasteiger partial charge in [-0.15, -0.1) is 0 Å². The molecule has 0 saturated heterocycles. The van der Waals surface area contributed by atoms with Gasteiger partial charge in [0.1, 0.15) is 5.75 Å². The van der Waals surface area contributed by atoms with Crippen LogP contribution in [0.4, 0.5) is 26.1 Å². The van der Waals surface area contributed by atoms with E-state index in [-0.39, 0.29) is 23.7 Å². The smallest absolute Gasteiger partial charge is 0.394 e. The standard InChI is InChI=1S/C31H42F2N6O2/c1-7-9-25(17-21(4)37-29(40)23-10-15-27(34-6)20(3)16-23)35-19-28-22(8-2)18-36-30(39-28)38-24-11-13-26(14-12-24)41-31(5,32)33/h10-16,18,21,25,34-35H,7-9,17,19H2,1-6H3,(H,37,40)(H,36,38,39)/t21-,25+/m1/s1. The second-order valence-corrected chi connectivity index (χ2v) is 10.3. The van der Waals surface area contributed by atoms with Crippen LogP contribution in [0.1, 0.15) is 74.1 Å². The lowest BCUT2D eigenvalue weighted by molar-refractivity contribution is -0.158. The molecule has 1 amide bonds. The molecule has 0 fully saturated rings. The van der Waals surface area contributed by atoms with Crippen molar-refractivity contribution in [1.29, 1.82) is 0 Å². The Labute approximate surface area is 241 Å². The van der Waals surface area contributed by atoms with Crippen molar-refractivity contribution in [2.45, 2.75) is 85.0 Å². The van der Waals surface area contributed by atoms with Crippen LogP contribution in [-0.2, 0) is 13.0 Å². The van der Waals surface area contributed by atoms with Crippen molar-refractivity contribution in [3.63, 3.8) is 0 Å². The number of benzene rings is 2. The number of alkyl halides is 2. The van der Waals surface area contributed by atoms with Gasteiger partial charge in [0.05, 0.1) is 5.69 Å². The van der Waals surface area contributed by atoms with Gasteiger partial charge in [-0.2, -0.15) is 8.78 Å². The number of anilines is 3. The number of carbonyl (C=O) groups is 1. The van der Waals surface area contributed by atoms with Crippen LogP contribution in [-0.4, -0.2) is 41.1 Å². The SMILES string of the molecule is CCC[C@@H](C[C@@H](C)NC(=O)c1ccc(NC)c(C)c1)NCc1nc(Nc2ccc(OC(C)(F)F)cc2)ncc1CC. The summed E-state index contributed by atoms with van der Waals surface area (Å²) < 4.78 is 30.8. The molecule has 41 heavy (non-hydrogen) atoms. The number of nitrogens with zero attached hydrogens (tertiary/aromatic N) is 2. The summed E-state index contributed by atoms with van der Waals surface area (Å²) in [5.74, 6) is 0.409. The molecule has 0 aliphatic heterocycles. The fourth-order valence-corrected chi connectivity index (χ4v) is 4.66. The van der Waals surface area contributed by atoms with Crippen molar-refractivity contribution < 1.29 is 18.3 Å². The first kappa shape index (κ1) is 31.7. The Morgan fingerprint density at radius 1 is 1.12 bits per heavy atom. The van der Waals surface area contributed by atoms with E-state index in [1.54, 1.807) is 18.3 Å². The molecule has 2 atom stereocenters. The van der Waals surface area contributed by atoms with E-state index in [2.05, 4.69) is 44.8 Å². The number of amides is 1. The Balaban J connectivity index is 1.62. The number of nitrogens with one attached hydrogen (secondary N) is 4. The van der Waals surface area contributed by atoms with Crippen LogP contribution >= 0.6 is 0 Å². The van der Waals surface area contributed by atoms with Crippen LogP contribution in [0, 0.1) is 6.92 Å². The second-order valence-electron chi connectivity index (χ2n) is 10.3. The molecule has 0 unspecified atom stereocenters. The molecule has 0 saturated carbocycles. The van der Waals surface area contributed by atoms with E-state index in [4.69, 9.17) is 4.98 Å². The summed E-state index contributed by atoms with van der Waals surface area (Å²) in [6, 6.07) is 12.0. The van der Waals surface area contributed by atoms with Gasteiger partial charge < -0.3 is 26.0 Å². The molecule has 0 aliphatic rings. The van der Waals surface area contributed by atoms with Crippen molar-refractivity contribution in [1.82, 2.24) is 20.6 Å². The predicted octanol–water partition coefficient (Wildman–Crippen LogP) is 6.59. The predicted molar refractivity (Wildman–Crippen MR) is 160 cm³/mol. The minimum absolute atomic E-state index is 0.0243. The monoisotopic (exact) mass is 568 g/mol. The third kappa shape index (κ3) is 9.97. The van der Waals surface area contributed by atoms with Gasteiger partial charge in [-0.1, -0.05) is 20.3 Å². The van der Waals surface area contributed by atoms with Crippen molar-refractivity contribution in [2.75, 3.05) is 17.7 Å². The van der Waals surface area contributed by atoms with Crippen LogP contribution in [0.2, 0.25) is 0 Å². The zero-order valence-electron chi connectivity index (χ0n) is 24.8. The van der Waals surface area contributed by atoms with Gasteiger partial charge in [-0.05, 0) is 86.7 Å². The zero-order chi connectivity index (χ0) is 30.0. The zero-order valence-corrected chi connectivity index (χ0v) is 24.8. The summed E-state index contributed by atoms with van der Waals surface area (Å²) in [4.78, 5) is 22.0. The molecular weight excluding hydrogens is 526 g/mol. The fourth-order valence-electron chi connectivity index (χ4n) is 4.66. The van der Waals surface area contributed by atoms with Gasteiger partial charge in [0.2, 0.25) is 5.95 Å². The average molecular weight is 569 g/mol. The van der Waals surface area contributed by atoms with E-state index in [1.165, 1.54) is 12.1 Å². The summed E-state index contributed by atoms with van der Waals surface area (Å²) >= 11 is 0. The molecule has 3 rings (SSSR count). The van der Waals surface area contributed by atoms with E-state index in [1.807, 2.05) is 39.1 Å². The summed E-state index contributed by atoms with van der Waals surface area (Å²) in [6.07, 6.45) is 2.08. The maximum Gasteiger partial charge on any atom is 0.394 e. The molecule has 8 nitrogen and oxygen atoms in total. The van der Waals surface area contributed by atoms with Crippen molar-refractivity contribution in [2.24, 2.45) is 0 Å². The molecular formula is C31H42F2N6O2. The van der Waals surface area contributed by atoms with Gasteiger partial charge in [0, 0.05) is 55.7 Å². The number of aryl methyl sites for hydroxylation is 2. The lowest BCUT2D eigenvalue weighted by atomic mass is 10.0. The van der Waals surface area contributed by atoms with E-state index < -0.39 is 6.11 Å². The molecule has 0 radical (unpaired) electrons. The first-order valence-electron chi connectivity index (χ1n) is 14.1. The molecule has 1 aromatic heterocycles. The highest BCUT2D eigenvalue weighted by atomic mass is 19.3. The van der Waals surface area contributed by atoms with Crippen LogP contribution in [0.25, 0.3) is 0 Å². The molecule has 0 bridgehead atoms. The molecule has 2 aromatic carbocycles. The van der Waals surface area contributed by atoms with E-state index in [9.17, 15) is 13.6 Å². The third-order valence-corrected chi connectivity index (χ3v) is 6.71. The number of aromatic nitrogens is 2. The quantitative estimate of drug-likeness (QED) is 0.164. The second kappa shape index (κ2) is 14.7. The first-order valence-corrected chi connectivity index (χ1v) is 14.1. The summed E-state index contributed by atoms with van der Waals surface area (Å²) in [5, 5.41) is 13.0. The number of carbonyl (C=O) groups excluding carboxylic acids is 1. The van der Waals surface area contributed by atoms with Crippen molar-refractivity contribution >= 4 is 23.2 Å². The van der Waals surface area contributed by atoms with Gasteiger partial charge in [0.25, 0.3) is 5.91 Å². The maximum absolute atomic E-state index is 13.1. The summed E-state index contributed by atoms with van der Waals surface area (Å²) in [7, 11) is 1.86. The average Bonchev–Trinajstić information content (AvgIpc) is 2.92. The van der Waals surface area contributed by atoms with E-state index in [0.29, 0.717) is 30.7 Å². The highest BCUT2D eigenvalue weighted by Gasteiger charge is 2.23. The minimum atomic E-state index is -3.24. The van der Waals surface area contributed by atoms with Gasteiger partial charge in [-0.3, -0.25) is 4.79 Å². The lowest BCUT2D eigenvalue weighted by Crippen LogP contribution is -2.39. The normalized spacial score (nSPS) is 12.9. The van der Waals surface area contributed by atoms with Crippen molar-refractivity contribution in [3.05, 3.63) is 71.0 Å². The Morgan fingerprint density at radius 2 is 1.85 bits per heavy atom. The van der Waals surface area contributed by atoms with Gasteiger partial charge in [-0.25, -0.2) is 9.97 Å². The lowest BCUT2D eigenvalue weighted by Gasteiger charge is -2.23. The summed E-state index contributed by atoms with van der Waals surface area (Å²) in [6.45, 7) is 9.46. The Bertz CT molecular complexity index is 1280. The number of rotatable bonds is 15. The van der Waals surface area contributed by atoms with E-state index >= 15 is 0 Å². The van der Waals surface area contributed by atoms with Crippen LogP contribution in [0.5, 0.6) is 5.75 Å². The number of hydrogen-bond acceptors (Lipinski definition) is 7. The first-order chi connectivity index (χ1) is 19.5. The van der Waals surface area contributed by atoms with Crippen LogP contribution < -0.4 is 26.0 Å².